The lowest BCUT2D eigenvalue weighted by Gasteiger charge is -2.05. The molecular weight excluding hydrogens is 414 g/mol. The van der Waals surface area contributed by atoms with Crippen molar-refractivity contribution in [2.24, 2.45) is 0 Å². The molecule has 31 heavy (non-hydrogen) atoms. The summed E-state index contributed by atoms with van der Waals surface area (Å²) < 4.78 is 3.24. The quantitative estimate of drug-likeness (QED) is 0.467. The Morgan fingerprint density at radius 2 is 1.97 bits per heavy atom. The summed E-state index contributed by atoms with van der Waals surface area (Å²) in [6.45, 7) is 4.47. The summed E-state index contributed by atoms with van der Waals surface area (Å²) in [5, 5.41) is 18.9. The third-order valence-electron chi connectivity index (χ3n) is 4.69. The van der Waals surface area contributed by atoms with Gasteiger partial charge in [-0.2, -0.15) is 5.10 Å². The maximum absolute atomic E-state index is 12.4. The van der Waals surface area contributed by atoms with Crippen LogP contribution in [0, 0.1) is 13.8 Å². The first-order chi connectivity index (χ1) is 15.0. The van der Waals surface area contributed by atoms with Gasteiger partial charge in [-0.15, -0.1) is 5.10 Å². The number of rotatable bonds is 6. The van der Waals surface area contributed by atoms with Gasteiger partial charge in [-0.25, -0.2) is 9.36 Å². The number of nitrogens with zero attached hydrogens (tertiary/aromatic N) is 6. The lowest BCUT2D eigenvalue weighted by atomic mass is 10.1. The molecular formula is C22H20ClN7O. The molecule has 0 spiro atoms. The molecule has 0 radical (unpaired) electrons. The first-order valence-electron chi connectivity index (χ1n) is 9.60. The van der Waals surface area contributed by atoms with E-state index >= 15 is 0 Å². The second kappa shape index (κ2) is 8.93. The second-order valence-corrected chi connectivity index (χ2v) is 7.42. The molecule has 1 N–H and O–H groups in total. The number of hydrogen-bond acceptors (Lipinski definition) is 5. The lowest BCUT2D eigenvalue weighted by molar-refractivity contribution is -0.111. The number of aryl methyl sites for hydroxylation is 2. The summed E-state index contributed by atoms with van der Waals surface area (Å²) in [5.74, 6) is -0.282. The number of tetrazole rings is 1. The molecule has 2 heterocycles. The zero-order valence-electron chi connectivity index (χ0n) is 17.0. The summed E-state index contributed by atoms with van der Waals surface area (Å²) in [7, 11) is 0. The van der Waals surface area contributed by atoms with E-state index in [2.05, 4.69) is 50.2 Å². The molecule has 4 rings (SSSR count). The van der Waals surface area contributed by atoms with Crippen molar-refractivity contribution in [3.8, 4) is 5.69 Å². The SMILES string of the molecule is Cc1ccc(Cn2nc(C)c(/C=C/C(=O)Nc3cccc(-n4cnnn4)c3)c2Cl)cc1. The first-order valence-corrected chi connectivity index (χ1v) is 9.98. The van der Waals surface area contributed by atoms with Crippen molar-refractivity contribution >= 4 is 29.3 Å². The Hall–Kier alpha value is -3.78. The van der Waals surface area contributed by atoms with Crippen LogP contribution in [-0.4, -0.2) is 35.9 Å². The van der Waals surface area contributed by atoms with Gasteiger partial charge < -0.3 is 5.32 Å². The van der Waals surface area contributed by atoms with E-state index in [0.717, 1.165) is 16.9 Å². The third kappa shape index (κ3) is 4.87. The number of carbonyl (C=O) groups excluding carboxylic acids is 1. The van der Waals surface area contributed by atoms with Gasteiger partial charge in [0.1, 0.15) is 11.5 Å². The highest BCUT2D eigenvalue weighted by Crippen LogP contribution is 2.22. The molecule has 0 unspecified atom stereocenters. The summed E-state index contributed by atoms with van der Waals surface area (Å²) in [5.41, 5.74) is 5.13. The minimum absolute atomic E-state index is 0.282. The Morgan fingerprint density at radius 1 is 1.16 bits per heavy atom. The molecule has 8 nitrogen and oxygen atoms in total. The molecule has 0 aliphatic heterocycles. The molecule has 0 aliphatic carbocycles. The van der Waals surface area contributed by atoms with Crippen molar-refractivity contribution in [2.45, 2.75) is 20.4 Å². The topological polar surface area (TPSA) is 90.5 Å². The third-order valence-corrected chi connectivity index (χ3v) is 5.09. The molecule has 0 saturated heterocycles. The summed E-state index contributed by atoms with van der Waals surface area (Å²) in [6, 6.07) is 15.4. The van der Waals surface area contributed by atoms with E-state index in [1.807, 2.05) is 26.0 Å². The Balaban J connectivity index is 1.46. The van der Waals surface area contributed by atoms with Gasteiger partial charge in [0.2, 0.25) is 5.91 Å². The van der Waals surface area contributed by atoms with E-state index in [0.29, 0.717) is 22.9 Å². The van der Waals surface area contributed by atoms with Gasteiger partial charge in [0, 0.05) is 17.3 Å². The van der Waals surface area contributed by atoms with Crippen molar-refractivity contribution in [1.29, 1.82) is 0 Å². The monoisotopic (exact) mass is 433 g/mol. The second-order valence-electron chi connectivity index (χ2n) is 7.06. The van der Waals surface area contributed by atoms with Crippen LogP contribution in [0.3, 0.4) is 0 Å². The van der Waals surface area contributed by atoms with Crippen molar-refractivity contribution < 1.29 is 4.79 Å². The maximum Gasteiger partial charge on any atom is 0.248 e. The minimum Gasteiger partial charge on any atom is -0.322 e. The van der Waals surface area contributed by atoms with Crippen LogP contribution in [0.4, 0.5) is 5.69 Å². The van der Waals surface area contributed by atoms with Gasteiger partial charge in [0.15, 0.2) is 0 Å². The van der Waals surface area contributed by atoms with Gasteiger partial charge in [-0.05, 0) is 54.1 Å². The highest BCUT2D eigenvalue weighted by molar-refractivity contribution is 6.31. The Morgan fingerprint density at radius 3 is 2.71 bits per heavy atom. The highest BCUT2D eigenvalue weighted by atomic mass is 35.5. The summed E-state index contributed by atoms with van der Waals surface area (Å²) in [6.07, 6.45) is 4.60. The number of amides is 1. The fraction of sp³-hybridized carbons (Fsp3) is 0.136. The van der Waals surface area contributed by atoms with E-state index in [-0.39, 0.29) is 5.91 Å². The predicted molar refractivity (Wildman–Crippen MR) is 119 cm³/mol. The van der Waals surface area contributed by atoms with Crippen LogP contribution < -0.4 is 5.32 Å². The van der Waals surface area contributed by atoms with Crippen LogP contribution in [0.25, 0.3) is 11.8 Å². The number of benzene rings is 2. The lowest BCUT2D eigenvalue weighted by Crippen LogP contribution is -2.08. The fourth-order valence-corrected chi connectivity index (χ4v) is 3.37. The van der Waals surface area contributed by atoms with Crippen LogP contribution in [-0.2, 0) is 11.3 Å². The van der Waals surface area contributed by atoms with Crippen LogP contribution >= 0.6 is 11.6 Å². The molecule has 0 bridgehead atoms. The standard InChI is InChI=1S/C22H20ClN7O/c1-15-6-8-17(9-7-15)13-29-22(23)20(16(2)26-29)10-11-21(31)25-18-4-3-5-19(12-18)30-14-24-27-28-30/h3-12,14H,13H2,1-2H3,(H,25,31)/b11-10+. The van der Waals surface area contributed by atoms with Crippen molar-refractivity contribution in [3.05, 3.63) is 88.5 Å². The first kappa shape index (κ1) is 20.5. The predicted octanol–water partition coefficient (Wildman–Crippen LogP) is 3.83. The van der Waals surface area contributed by atoms with Crippen molar-refractivity contribution in [3.63, 3.8) is 0 Å². The molecule has 1 amide bonds. The largest absolute Gasteiger partial charge is 0.322 e. The van der Waals surface area contributed by atoms with Gasteiger partial charge >= 0.3 is 0 Å². The molecule has 9 heteroatoms. The van der Waals surface area contributed by atoms with Gasteiger partial charge in [-0.1, -0.05) is 47.5 Å². The molecule has 2 aromatic carbocycles. The van der Waals surface area contributed by atoms with E-state index in [4.69, 9.17) is 11.6 Å². The average Bonchev–Trinajstić information content (AvgIpc) is 3.38. The molecule has 0 saturated carbocycles. The fourth-order valence-electron chi connectivity index (χ4n) is 3.08. The normalized spacial score (nSPS) is 11.2. The molecule has 0 aliphatic rings. The summed E-state index contributed by atoms with van der Waals surface area (Å²) in [4.78, 5) is 12.4. The molecule has 156 valence electrons. The van der Waals surface area contributed by atoms with Crippen LogP contribution in [0.15, 0.2) is 60.9 Å². The maximum atomic E-state index is 12.4. The number of carbonyl (C=O) groups is 1. The van der Waals surface area contributed by atoms with E-state index in [1.54, 1.807) is 22.9 Å². The van der Waals surface area contributed by atoms with Crippen LogP contribution in [0.2, 0.25) is 5.15 Å². The van der Waals surface area contributed by atoms with Gasteiger partial charge in [0.05, 0.1) is 17.9 Å². The molecule has 2 aromatic heterocycles. The number of aromatic nitrogens is 6. The summed E-state index contributed by atoms with van der Waals surface area (Å²) >= 11 is 6.53. The Bertz CT molecular complexity index is 1230. The number of nitrogens with one attached hydrogen (secondary N) is 1. The molecule has 4 aromatic rings. The van der Waals surface area contributed by atoms with E-state index in [9.17, 15) is 4.79 Å². The highest BCUT2D eigenvalue weighted by Gasteiger charge is 2.12. The zero-order valence-corrected chi connectivity index (χ0v) is 17.8. The van der Waals surface area contributed by atoms with Crippen LogP contribution in [0.1, 0.15) is 22.4 Å². The number of hydrogen-bond donors (Lipinski definition) is 1. The van der Waals surface area contributed by atoms with Crippen LogP contribution in [0.5, 0.6) is 0 Å². The van der Waals surface area contributed by atoms with Gasteiger partial charge in [0.25, 0.3) is 0 Å². The smallest absolute Gasteiger partial charge is 0.248 e. The Kier molecular flexibility index (Phi) is 5.90. The molecule has 0 fully saturated rings. The van der Waals surface area contributed by atoms with E-state index in [1.165, 1.54) is 22.6 Å². The van der Waals surface area contributed by atoms with E-state index < -0.39 is 0 Å². The van der Waals surface area contributed by atoms with Crippen molar-refractivity contribution in [2.75, 3.05) is 5.32 Å². The number of halogens is 1. The molecule has 0 atom stereocenters. The van der Waals surface area contributed by atoms with Crippen molar-refractivity contribution in [1.82, 2.24) is 30.0 Å². The number of anilines is 1. The zero-order chi connectivity index (χ0) is 21.8. The minimum atomic E-state index is -0.282. The average molecular weight is 434 g/mol. The Labute approximate surface area is 184 Å². The van der Waals surface area contributed by atoms with Gasteiger partial charge in [-0.3, -0.25) is 4.79 Å².